The van der Waals surface area contributed by atoms with Crippen molar-refractivity contribution in [2.75, 3.05) is 26.8 Å². The molecule has 0 aliphatic carbocycles. The molecule has 1 aromatic heterocycles. The molecule has 4 rings (SSSR count). The minimum absolute atomic E-state index is 0.00909. The monoisotopic (exact) mass is 536 g/mol. The summed E-state index contributed by atoms with van der Waals surface area (Å²) in [5.41, 5.74) is 1.22. The van der Waals surface area contributed by atoms with E-state index in [9.17, 15) is 19.1 Å². The average Bonchev–Trinajstić information content (AvgIpc) is 3.38. The predicted molar refractivity (Wildman–Crippen MR) is 133 cm³/mol. The number of methoxy groups -OCH3 is 1. The molecule has 1 saturated heterocycles. The van der Waals surface area contributed by atoms with Gasteiger partial charge >= 0.3 is 11.9 Å². The van der Waals surface area contributed by atoms with Crippen LogP contribution in [0.4, 0.5) is 4.39 Å². The van der Waals surface area contributed by atoms with Crippen molar-refractivity contribution in [2.24, 2.45) is 4.99 Å². The van der Waals surface area contributed by atoms with Crippen LogP contribution < -0.4 is 5.32 Å². The van der Waals surface area contributed by atoms with Crippen molar-refractivity contribution in [2.45, 2.75) is 38.0 Å². The van der Waals surface area contributed by atoms with Gasteiger partial charge in [-0.25, -0.2) is 14.2 Å². The van der Waals surface area contributed by atoms with Crippen LogP contribution in [0.25, 0.3) is 0 Å². The lowest BCUT2D eigenvalue weighted by atomic mass is 9.94. The average molecular weight is 537 g/mol. The quantitative estimate of drug-likeness (QED) is 0.493. The Hall–Kier alpha value is -2.86. The Morgan fingerprint density at radius 2 is 2.22 bits per heavy atom. The molecule has 36 heavy (non-hydrogen) atoms. The lowest BCUT2D eigenvalue weighted by Crippen LogP contribution is -2.52. The fourth-order valence-electron chi connectivity index (χ4n) is 4.49. The van der Waals surface area contributed by atoms with Crippen LogP contribution in [0.2, 0.25) is 5.02 Å². The van der Waals surface area contributed by atoms with Crippen molar-refractivity contribution in [1.82, 2.24) is 15.2 Å². The smallest absolute Gasteiger partial charge is 0.338 e. The van der Waals surface area contributed by atoms with Crippen LogP contribution in [-0.4, -0.2) is 71.7 Å². The minimum atomic E-state index is -0.887. The van der Waals surface area contributed by atoms with Gasteiger partial charge in [-0.05, 0) is 25.5 Å². The van der Waals surface area contributed by atoms with Crippen molar-refractivity contribution in [3.8, 4) is 0 Å². The van der Waals surface area contributed by atoms with Crippen molar-refractivity contribution in [1.29, 1.82) is 0 Å². The molecule has 2 aliphatic rings. The first-order valence-electron chi connectivity index (χ1n) is 11.4. The van der Waals surface area contributed by atoms with Crippen LogP contribution in [0.1, 0.15) is 36.4 Å². The number of rotatable bonds is 8. The zero-order valence-corrected chi connectivity index (χ0v) is 21.3. The Labute approximate surface area is 216 Å². The molecule has 9 nitrogen and oxygen atoms in total. The van der Waals surface area contributed by atoms with E-state index in [1.165, 1.54) is 36.6 Å². The van der Waals surface area contributed by atoms with Crippen LogP contribution in [0.15, 0.2) is 46.0 Å². The zero-order chi connectivity index (χ0) is 25.8. The van der Waals surface area contributed by atoms with Gasteiger partial charge in [0.1, 0.15) is 11.9 Å². The normalized spacial score (nSPS) is 22.7. The number of carbonyl (C=O) groups is 2. The first kappa shape index (κ1) is 26.2. The predicted octanol–water partition coefficient (Wildman–Crippen LogP) is 3.41. The third kappa shape index (κ3) is 5.75. The molecule has 1 fully saturated rings. The highest BCUT2D eigenvalue weighted by Crippen LogP contribution is 2.37. The maximum atomic E-state index is 13.8. The maximum Gasteiger partial charge on any atom is 0.338 e. The van der Waals surface area contributed by atoms with Gasteiger partial charge in [0.05, 0.1) is 25.4 Å². The molecule has 1 aromatic carbocycles. The van der Waals surface area contributed by atoms with Gasteiger partial charge in [0.25, 0.3) is 0 Å². The number of carboxylic acid groups (broad SMARTS) is 1. The number of aliphatic imine (C=N–C) groups is 1. The number of carboxylic acids is 1. The van der Waals surface area contributed by atoms with E-state index in [0.29, 0.717) is 41.7 Å². The number of nitrogens with zero attached hydrogens (tertiary/aromatic N) is 3. The number of hydrogen-bond acceptors (Lipinski definition) is 9. The number of thiazole rings is 1. The number of esters is 1. The molecule has 3 heterocycles. The number of aromatic nitrogens is 1. The summed E-state index contributed by atoms with van der Waals surface area (Å²) in [6.45, 7) is 3.19. The number of hydrogen-bond donors (Lipinski definition) is 2. The summed E-state index contributed by atoms with van der Waals surface area (Å²) in [6, 6.07) is 2.90. The van der Waals surface area contributed by atoms with Gasteiger partial charge in [0, 0.05) is 53.4 Å². The number of benzene rings is 1. The van der Waals surface area contributed by atoms with Crippen molar-refractivity contribution in [3.05, 3.63) is 62.5 Å². The van der Waals surface area contributed by atoms with Gasteiger partial charge in [-0.2, -0.15) is 0 Å². The summed E-state index contributed by atoms with van der Waals surface area (Å²) in [5, 5.41) is 15.0. The number of ether oxygens (including phenoxy) is 2. The Kier molecular flexibility index (Phi) is 8.35. The summed E-state index contributed by atoms with van der Waals surface area (Å²) in [6.07, 6.45) is 1.83. The molecule has 2 aromatic rings. The van der Waals surface area contributed by atoms with E-state index in [4.69, 9.17) is 26.1 Å². The Morgan fingerprint density at radius 1 is 1.42 bits per heavy atom. The van der Waals surface area contributed by atoms with Gasteiger partial charge in [-0.15, -0.1) is 11.3 Å². The summed E-state index contributed by atoms with van der Waals surface area (Å²) >= 11 is 7.78. The second kappa shape index (κ2) is 11.5. The van der Waals surface area contributed by atoms with E-state index in [1.54, 1.807) is 6.20 Å². The van der Waals surface area contributed by atoms with E-state index in [0.717, 1.165) is 0 Å². The first-order chi connectivity index (χ1) is 17.3. The van der Waals surface area contributed by atoms with E-state index in [1.807, 2.05) is 12.3 Å². The number of carbonyl (C=O) groups excluding carboxylic acids is 1. The highest BCUT2D eigenvalue weighted by molar-refractivity contribution is 7.11. The minimum Gasteiger partial charge on any atom is -0.481 e. The number of nitrogens with one attached hydrogen (secondary N) is 1. The highest BCUT2D eigenvalue weighted by atomic mass is 35.5. The molecular weight excluding hydrogens is 511 g/mol. The molecule has 0 saturated carbocycles. The molecule has 0 bridgehead atoms. The largest absolute Gasteiger partial charge is 0.481 e. The molecule has 2 N–H and O–H groups in total. The molecule has 12 heteroatoms. The summed E-state index contributed by atoms with van der Waals surface area (Å²) in [5.74, 6) is -1.55. The van der Waals surface area contributed by atoms with E-state index < -0.39 is 23.8 Å². The number of aliphatic carboxylic acids is 1. The molecular formula is C24H26ClFN4O5S. The van der Waals surface area contributed by atoms with E-state index in [-0.39, 0.29) is 35.7 Å². The third-order valence-corrected chi connectivity index (χ3v) is 7.32. The zero-order valence-electron chi connectivity index (χ0n) is 19.7. The van der Waals surface area contributed by atoms with Crippen LogP contribution in [-0.2, 0) is 19.1 Å². The fourth-order valence-corrected chi connectivity index (χ4v) is 5.34. The Balaban J connectivity index is 1.78. The fraction of sp³-hybridized carbons (Fsp3) is 0.417. The van der Waals surface area contributed by atoms with Crippen molar-refractivity contribution >= 4 is 40.7 Å². The first-order valence-corrected chi connectivity index (χ1v) is 12.6. The second-order valence-electron chi connectivity index (χ2n) is 8.44. The SMILES string of the molecule is COC(=O)C1=C(CN2CCO[C@@H](C)[C@@H]2CCC(=O)O)NC(c2nccs2)=N[C@H]1c1ccc(F)cc1Cl. The van der Waals surface area contributed by atoms with Crippen molar-refractivity contribution < 1.29 is 28.6 Å². The molecule has 0 spiro atoms. The lowest BCUT2D eigenvalue weighted by Gasteiger charge is -2.41. The standard InChI is InChI=1S/C24H26ClFN4O5S/c1-13-18(5-6-19(31)32)30(8-9-35-13)12-17-20(24(33)34-2)21(15-4-3-14(26)11-16(15)25)29-22(28-17)23-27-7-10-36-23/h3-4,7,10-11,13,18,21H,5-6,8-9,12H2,1-2H3,(H,28,29)(H,31,32)/t13-,18-,21-/m0/s1. The van der Waals surface area contributed by atoms with Crippen LogP contribution in [0.3, 0.4) is 0 Å². The molecule has 2 aliphatic heterocycles. The molecule has 3 atom stereocenters. The van der Waals surface area contributed by atoms with E-state index in [2.05, 4.69) is 15.2 Å². The third-order valence-electron chi connectivity index (χ3n) is 6.21. The number of amidine groups is 1. The van der Waals surface area contributed by atoms with Crippen LogP contribution in [0, 0.1) is 5.82 Å². The van der Waals surface area contributed by atoms with Gasteiger partial charge in [0.2, 0.25) is 0 Å². The second-order valence-corrected chi connectivity index (χ2v) is 9.74. The molecule has 0 amide bonds. The number of morpholine rings is 1. The number of halogens is 2. The topological polar surface area (TPSA) is 113 Å². The highest BCUT2D eigenvalue weighted by Gasteiger charge is 2.37. The molecule has 0 unspecified atom stereocenters. The van der Waals surface area contributed by atoms with E-state index >= 15 is 0 Å². The van der Waals surface area contributed by atoms with Gasteiger partial charge in [-0.1, -0.05) is 17.7 Å². The van der Waals surface area contributed by atoms with Gasteiger partial charge in [-0.3, -0.25) is 14.7 Å². The Morgan fingerprint density at radius 3 is 2.89 bits per heavy atom. The van der Waals surface area contributed by atoms with Gasteiger partial charge < -0.3 is 19.9 Å². The maximum absolute atomic E-state index is 13.8. The summed E-state index contributed by atoms with van der Waals surface area (Å²) in [7, 11) is 1.28. The molecule has 0 radical (unpaired) electrons. The van der Waals surface area contributed by atoms with Crippen molar-refractivity contribution in [3.63, 3.8) is 0 Å². The van der Waals surface area contributed by atoms with Gasteiger partial charge in [0.15, 0.2) is 10.8 Å². The molecule has 192 valence electrons. The van der Waals surface area contributed by atoms with Crippen LogP contribution >= 0.6 is 22.9 Å². The van der Waals surface area contributed by atoms with Crippen LogP contribution in [0.5, 0.6) is 0 Å². The summed E-state index contributed by atoms with van der Waals surface area (Å²) in [4.78, 5) is 35.5. The Bertz CT molecular complexity index is 1190. The lowest BCUT2D eigenvalue weighted by molar-refractivity contribution is -0.138. The summed E-state index contributed by atoms with van der Waals surface area (Å²) < 4.78 is 24.7.